The molecule has 0 aromatic heterocycles. The molecule has 0 aliphatic rings. The fourth-order valence-corrected chi connectivity index (χ4v) is 2.54. The molecule has 0 spiro atoms. The van der Waals surface area contributed by atoms with Crippen LogP contribution in [0.25, 0.3) is 0 Å². The molecule has 3 nitrogen and oxygen atoms in total. The van der Waals surface area contributed by atoms with Crippen LogP contribution in [0.5, 0.6) is 0 Å². The van der Waals surface area contributed by atoms with Crippen molar-refractivity contribution in [3.63, 3.8) is 0 Å². The number of nitrogens with one attached hydrogen (secondary N) is 1. The van der Waals surface area contributed by atoms with E-state index in [0.717, 1.165) is 29.3 Å². The molecule has 112 valence electrons. The van der Waals surface area contributed by atoms with Crippen LogP contribution < -0.4 is 11.1 Å². The summed E-state index contributed by atoms with van der Waals surface area (Å²) in [5.74, 6) is 0.685. The number of halogens is 1. The molecule has 1 aromatic carbocycles. The maximum atomic E-state index is 12.0. The van der Waals surface area contributed by atoms with Gasteiger partial charge >= 0.3 is 0 Å². The van der Waals surface area contributed by atoms with Crippen LogP contribution in [-0.4, -0.2) is 12.5 Å². The Morgan fingerprint density at radius 1 is 1.30 bits per heavy atom. The molecule has 0 heterocycles. The number of benzene rings is 1. The van der Waals surface area contributed by atoms with E-state index in [1.807, 2.05) is 31.2 Å². The first-order valence-electron chi connectivity index (χ1n) is 7.31. The lowest BCUT2D eigenvalue weighted by Crippen LogP contribution is -2.27. The second kappa shape index (κ2) is 9.14. The van der Waals surface area contributed by atoms with Crippen molar-refractivity contribution in [2.45, 2.75) is 45.6 Å². The highest BCUT2D eigenvalue weighted by atomic mass is 79.9. The molecule has 4 heteroatoms. The molecule has 0 bridgehead atoms. The van der Waals surface area contributed by atoms with Gasteiger partial charge < -0.3 is 11.1 Å². The van der Waals surface area contributed by atoms with Crippen LogP contribution >= 0.6 is 15.9 Å². The highest BCUT2D eigenvalue weighted by Crippen LogP contribution is 2.18. The van der Waals surface area contributed by atoms with Crippen molar-refractivity contribution in [2.24, 2.45) is 11.7 Å². The molecule has 1 amide bonds. The van der Waals surface area contributed by atoms with Gasteiger partial charge in [0.25, 0.3) is 0 Å². The van der Waals surface area contributed by atoms with Crippen molar-refractivity contribution in [3.05, 3.63) is 34.3 Å². The first kappa shape index (κ1) is 17.2. The van der Waals surface area contributed by atoms with Gasteiger partial charge in [-0.2, -0.15) is 0 Å². The van der Waals surface area contributed by atoms with E-state index in [1.54, 1.807) is 0 Å². The lowest BCUT2D eigenvalue weighted by Gasteiger charge is -2.17. The Labute approximate surface area is 130 Å². The van der Waals surface area contributed by atoms with Crippen LogP contribution in [0.15, 0.2) is 28.7 Å². The third-order valence-corrected chi connectivity index (χ3v) is 4.21. The van der Waals surface area contributed by atoms with Gasteiger partial charge in [0.1, 0.15) is 0 Å². The van der Waals surface area contributed by atoms with Gasteiger partial charge in [-0.25, -0.2) is 0 Å². The van der Waals surface area contributed by atoms with Gasteiger partial charge in [-0.05, 0) is 49.9 Å². The maximum Gasteiger partial charge on any atom is 0.220 e. The summed E-state index contributed by atoms with van der Waals surface area (Å²) in [5.41, 5.74) is 6.70. The number of nitrogens with two attached hydrogens (primary N) is 1. The number of carbonyl (C=O) groups is 1. The predicted octanol–water partition coefficient (Wildman–Crippen LogP) is 3.78. The molecule has 0 radical (unpaired) electrons. The van der Waals surface area contributed by atoms with E-state index >= 15 is 0 Å². The SMILES string of the molecule is CCC(CCN)CCC(=O)N[C@@H](C)c1ccc(Br)cc1. The number of hydrogen-bond donors (Lipinski definition) is 2. The van der Waals surface area contributed by atoms with Crippen LogP contribution in [0, 0.1) is 5.92 Å². The average molecular weight is 341 g/mol. The lowest BCUT2D eigenvalue weighted by molar-refractivity contribution is -0.122. The van der Waals surface area contributed by atoms with E-state index in [2.05, 4.69) is 28.2 Å². The molecular formula is C16H25BrN2O. The van der Waals surface area contributed by atoms with E-state index in [-0.39, 0.29) is 11.9 Å². The Kier molecular flexibility index (Phi) is 7.85. The molecule has 3 N–H and O–H groups in total. The van der Waals surface area contributed by atoms with Crippen molar-refractivity contribution < 1.29 is 4.79 Å². The third-order valence-electron chi connectivity index (χ3n) is 3.68. The van der Waals surface area contributed by atoms with Gasteiger partial charge in [-0.1, -0.05) is 41.4 Å². The van der Waals surface area contributed by atoms with Crippen molar-refractivity contribution in [2.75, 3.05) is 6.54 Å². The monoisotopic (exact) mass is 340 g/mol. The summed E-state index contributed by atoms with van der Waals surface area (Å²) in [4.78, 5) is 12.0. The molecule has 2 atom stereocenters. The van der Waals surface area contributed by atoms with Gasteiger partial charge in [-0.15, -0.1) is 0 Å². The largest absolute Gasteiger partial charge is 0.350 e. The van der Waals surface area contributed by atoms with E-state index in [9.17, 15) is 4.79 Å². The average Bonchev–Trinajstić information content (AvgIpc) is 2.44. The standard InChI is InChI=1S/C16H25BrN2O/c1-3-13(10-11-18)4-9-16(20)19-12(2)14-5-7-15(17)8-6-14/h5-8,12-13H,3-4,9-11,18H2,1-2H3,(H,19,20)/t12-,13?/m0/s1. The molecule has 0 saturated heterocycles. The van der Waals surface area contributed by atoms with Gasteiger partial charge in [0.2, 0.25) is 5.91 Å². The van der Waals surface area contributed by atoms with Crippen molar-refractivity contribution in [3.8, 4) is 0 Å². The molecule has 1 rings (SSSR count). The molecule has 1 unspecified atom stereocenters. The minimum absolute atomic E-state index is 0.0465. The van der Waals surface area contributed by atoms with Crippen LogP contribution in [0.2, 0.25) is 0 Å². The second-order valence-corrected chi connectivity index (χ2v) is 6.15. The summed E-state index contributed by atoms with van der Waals surface area (Å²) in [7, 11) is 0. The normalized spacial score (nSPS) is 13.8. The Morgan fingerprint density at radius 3 is 2.50 bits per heavy atom. The van der Waals surface area contributed by atoms with E-state index in [4.69, 9.17) is 5.73 Å². The number of carbonyl (C=O) groups excluding carboxylic acids is 1. The topological polar surface area (TPSA) is 55.1 Å². The summed E-state index contributed by atoms with van der Waals surface area (Å²) < 4.78 is 1.05. The number of hydrogen-bond acceptors (Lipinski definition) is 2. The molecule has 0 saturated carbocycles. The quantitative estimate of drug-likeness (QED) is 0.756. The fourth-order valence-electron chi connectivity index (χ4n) is 2.27. The van der Waals surface area contributed by atoms with Crippen LogP contribution in [0.4, 0.5) is 0 Å². The molecule has 0 fully saturated rings. The summed E-state index contributed by atoms with van der Waals surface area (Å²) >= 11 is 3.41. The zero-order valence-corrected chi connectivity index (χ0v) is 13.9. The van der Waals surface area contributed by atoms with Crippen LogP contribution in [0.1, 0.15) is 51.1 Å². The first-order valence-corrected chi connectivity index (χ1v) is 8.11. The van der Waals surface area contributed by atoms with Gasteiger partial charge in [0.05, 0.1) is 6.04 Å². The van der Waals surface area contributed by atoms with Crippen LogP contribution in [0.3, 0.4) is 0 Å². The molecule has 0 aliphatic heterocycles. The maximum absolute atomic E-state index is 12.0. The Morgan fingerprint density at radius 2 is 1.95 bits per heavy atom. The van der Waals surface area contributed by atoms with E-state index in [1.165, 1.54) is 0 Å². The minimum atomic E-state index is 0.0465. The third kappa shape index (κ3) is 6.06. The minimum Gasteiger partial charge on any atom is -0.350 e. The predicted molar refractivity (Wildman–Crippen MR) is 87.4 cm³/mol. The van der Waals surface area contributed by atoms with Crippen molar-refractivity contribution >= 4 is 21.8 Å². The number of rotatable bonds is 8. The number of amides is 1. The zero-order valence-electron chi connectivity index (χ0n) is 12.4. The Bertz CT molecular complexity index is 405. The smallest absolute Gasteiger partial charge is 0.220 e. The van der Waals surface area contributed by atoms with Gasteiger partial charge in [0.15, 0.2) is 0 Å². The van der Waals surface area contributed by atoms with E-state index in [0.29, 0.717) is 18.9 Å². The van der Waals surface area contributed by atoms with E-state index < -0.39 is 0 Å². The highest BCUT2D eigenvalue weighted by Gasteiger charge is 2.12. The molecule has 20 heavy (non-hydrogen) atoms. The molecular weight excluding hydrogens is 316 g/mol. The summed E-state index contributed by atoms with van der Waals surface area (Å²) in [6.45, 7) is 4.87. The Hall–Kier alpha value is -0.870. The summed E-state index contributed by atoms with van der Waals surface area (Å²) in [6.07, 6.45) is 3.60. The molecule has 0 aliphatic carbocycles. The fraction of sp³-hybridized carbons (Fsp3) is 0.562. The zero-order chi connectivity index (χ0) is 15.0. The van der Waals surface area contributed by atoms with Gasteiger partial charge in [-0.3, -0.25) is 4.79 Å². The summed E-state index contributed by atoms with van der Waals surface area (Å²) in [5, 5.41) is 3.05. The van der Waals surface area contributed by atoms with Crippen molar-refractivity contribution in [1.29, 1.82) is 0 Å². The Balaban J connectivity index is 2.39. The van der Waals surface area contributed by atoms with Crippen LogP contribution in [-0.2, 0) is 4.79 Å². The molecule has 1 aromatic rings. The lowest BCUT2D eigenvalue weighted by atomic mass is 9.96. The van der Waals surface area contributed by atoms with Crippen molar-refractivity contribution in [1.82, 2.24) is 5.32 Å². The first-order chi connectivity index (χ1) is 9.56. The summed E-state index contributed by atoms with van der Waals surface area (Å²) in [6, 6.07) is 8.08. The second-order valence-electron chi connectivity index (χ2n) is 5.23. The highest BCUT2D eigenvalue weighted by molar-refractivity contribution is 9.10. The van der Waals surface area contributed by atoms with Gasteiger partial charge in [0, 0.05) is 10.9 Å².